The molecular formula is C10H16O3. The molecule has 2 rings (SSSR count). The van der Waals surface area contributed by atoms with Crippen LogP contribution in [0.1, 0.15) is 20.8 Å². The molecule has 0 aromatic carbocycles. The van der Waals surface area contributed by atoms with Crippen molar-refractivity contribution in [1.29, 1.82) is 0 Å². The summed E-state index contributed by atoms with van der Waals surface area (Å²) < 4.78 is 11.2. The minimum Gasteiger partial charge on any atom is -0.390 e. The van der Waals surface area contributed by atoms with E-state index in [4.69, 9.17) is 9.47 Å². The number of hydrogen-bond donors (Lipinski definition) is 1. The largest absolute Gasteiger partial charge is 0.390 e. The molecule has 74 valence electrons. The zero-order chi connectivity index (χ0) is 9.64. The van der Waals surface area contributed by atoms with Gasteiger partial charge in [-0.2, -0.15) is 0 Å². The van der Waals surface area contributed by atoms with Crippen molar-refractivity contribution in [2.75, 3.05) is 0 Å². The Morgan fingerprint density at radius 1 is 1.23 bits per heavy atom. The summed E-state index contributed by atoms with van der Waals surface area (Å²) in [6.07, 6.45) is 3.24. The van der Waals surface area contributed by atoms with Crippen molar-refractivity contribution < 1.29 is 14.6 Å². The van der Waals surface area contributed by atoms with Gasteiger partial charge in [-0.15, -0.1) is 0 Å². The maximum atomic E-state index is 9.82. The first-order valence-corrected chi connectivity index (χ1v) is 4.72. The minimum absolute atomic E-state index is 0.0822. The minimum atomic E-state index is -0.565. The predicted octanol–water partition coefficient (Wildman–Crippen LogP) is 1.07. The Kier molecular flexibility index (Phi) is 1.98. The lowest BCUT2D eigenvalue weighted by molar-refractivity contribution is -0.154. The van der Waals surface area contributed by atoms with E-state index in [2.05, 4.69) is 0 Å². The predicted molar refractivity (Wildman–Crippen MR) is 48.1 cm³/mol. The number of aliphatic hydroxyl groups is 1. The van der Waals surface area contributed by atoms with Gasteiger partial charge >= 0.3 is 0 Å². The van der Waals surface area contributed by atoms with Gasteiger partial charge < -0.3 is 14.6 Å². The third kappa shape index (κ3) is 1.52. The number of rotatable bonds is 0. The smallest absolute Gasteiger partial charge is 0.164 e. The molecule has 0 unspecified atom stereocenters. The summed E-state index contributed by atoms with van der Waals surface area (Å²) in [5, 5.41) is 9.82. The van der Waals surface area contributed by atoms with E-state index in [1.54, 1.807) is 0 Å². The second-order valence-corrected chi connectivity index (χ2v) is 4.30. The molecule has 0 spiro atoms. The van der Waals surface area contributed by atoms with Crippen LogP contribution < -0.4 is 0 Å². The molecule has 1 heterocycles. The fraction of sp³-hybridized carbons (Fsp3) is 0.800. The van der Waals surface area contributed by atoms with Crippen molar-refractivity contribution in [2.45, 2.75) is 44.9 Å². The van der Waals surface area contributed by atoms with Crippen LogP contribution in [0.5, 0.6) is 0 Å². The first-order chi connectivity index (χ1) is 5.99. The average Bonchev–Trinajstić information content (AvgIpc) is 2.34. The second kappa shape index (κ2) is 2.80. The van der Waals surface area contributed by atoms with Crippen LogP contribution in [0.25, 0.3) is 0 Å². The third-order valence-electron chi connectivity index (χ3n) is 2.64. The van der Waals surface area contributed by atoms with Gasteiger partial charge in [0.15, 0.2) is 5.79 Å². The van der Waals surface area contributed by atoms with E-state index in [0.717, 1.165) is 0 Å². The van der Waals surface area contributed by atoms with Crippen LogP contribution in [-0.2, 0) is 9.47 Å². The van der Waals surface area contributed by atoms with E-state index in [1.807, 2.05) is 32.9 Å². The van der Waals surface area contributed by atoms with Gasteiger partial charge in [-0.3, -0.25) is 0 Å². The quantitative estimate of drug-likeness (QED) is 0.572. The molecule has 4 atom stereocenters. The summed E-state index contributed by atoms with van der Waals surface area (Å²) in [4.78, 5) is 0. The SMILES string of the molecule is C[C@@H]1C=C[C@H]2OC(C)(C)O[C@H]2[C@@H]1O. The molecule has 3 heteroatoms. The standard InChI is InChI=1S/C10H16O3/c1-6-4-5-7-9(8(6)11)13-10(2,3)12-7/h4-9,11H,1-3H3/t6-,7-,8-,9-/m1/s1. The monoisotopic (exact) mass is 184 g/mol. The van der Waals surface area contributed by atoms with Crippen molar-refractivity contribution >= 4 is 0 Å². The van der Waals surface area contributed by atoms with E-state index in [9.17, 15) is 5.11 Å². The van der Waals surface area contributed by atoms with E-state index >= 15 is 0 Å². The first-order valence-electron chi connectivity index (χ1n) is 4.72. The summed E-state index contributed by atoms with van der Waals surface area (Å²) in [5.74, 6) is -0.413. The third-order valence-corrected chi connectivity index (χ3v) is 2.64. The van der Waals surface area contributed by atoms with Crippen LogP contribution in [0.4, 0.5) is 0 Å². The Bertz CT molecular complexity index is 234. The normalized spacial score (nSPS) is 47.7. The molecule has 0 aromatic rings. The molecule has 0 bridgehead atoms. The van der Waals surface area contributed by atoms with E-state index in [0.29, 0.717) is 0 Å². The molecule has 1 fully saturated rings. The summed E-state index contributed by atoms with van der Waals surface area (Å²) in [7, 11) is 0. The molecule has 3 nitrogen and oxygen atoms in total. The zero-order valence-corrected chi connectivity index (χ0v) is 8.23. The Labute approximate surface area is 78.3 Å². The molecule has 1 saturated heterocycles. The van der Waals surface area contributed by atoms with Crippen molar-refractivity contribution in [3.05, 3.63) is 12.2 Å². The molecule has 0 radical (unpaired) electrons. The van der Waals surface area contributed by atoms with Crippen molar-refractivity contribution in [3.63, 3.8) is 0 Å². The lowest BCUT2D eigenvalue weighted by Crippen LogP contribution is -2.41. The Morgan fingerprint density at radius 2 is 1.92 bits per heavy atom. The van der Waals surface area contributed by atoms with Gasteiger partial charge in [0.25, 0.3) is 0 Å². The van der Waals surface area contributed by atoms with E-state index in [-0.39, 0.29) is 18.1 Å². The molecule has 13 heavy (non-hydrogen) atoms. The number of ether oxygens (including phenoxy) is 2. The van der Waals surface area contributed by atoms with E-state index in [1.165, 1.54) is 0 Å². The maximum absolute atomic E-state index is 9.82. The number of hydrogen-bond acceptors (Lipinski definition) is 3. The Balaban J connectivity index is 2.19. The van der Waals surface area contributed by atoms with Gasteiger partial charge in [-0.05, 0) is 13.8 Å². The highest BCUT2D eigenvalue weighted by Crippen LogP contribution is 2.35. The lowest BCUT2D eigenvalue weighted by Gasteiger charge is -2.28. The van der Waals surface area contributed by atoms with Gasteiger partial charge in [0, 0.05) is 5.92 Å². The van der Waals surface area contributed by atoms with Crippen LogP contribution in [0, 0.1) is 5.92 Å². The summed E-state index contributed by atoms with van der Waals surface area (Å²) >= 11 is 0. The highest BCUT2D eigenvalue weighted by Gasteiger charge is 2.46. The van der Waals surface area contributed by atoms with Crippen LogP contribution in [0.15, 0.2) is 12.2 Å². The van der Waals surface area contributed by atoms with Gasteiger partial charge in [0.1, 0.15) is 12.2 Å². The second-order valence-electron chi connectivity index (χ2n) is 4.30. The first kappa shape index (κ1) is 9.19. The number of fused-ring (bicyclic) bond motifs is 1. The van der Waals surface area contributed by atoms with Crippen LogP contribution in [0.3, 0.4) is 0 Å². The Morgan fingerprint density at radius 3 is 2.62 bits per heavy atom. The zero-order valence-electron chi connectivity index (χ0n) is 8.23. The van der Waals surface area contributed by atoms with Crippen molar-refractivity contribution in [2.24, 2.45) is 5.92 Å². The van der Waals surface area contributed by atoms with Crippen LogP contribution >= 0.6 is 0 Å². The van der Waals surface area contributed by atoms with Crippen molar-refractivity contribution in [1.82, 2.24) is 0 Å². The van der Waals surface area contributed by atoms with Gasteiger partial charge in [-0.1, -0.05) is 19.1 Å². The molecule has 0 saturated carbocycles. The summed E-state index contributed by atoms with van der Waals surface area (Å²) in [5.41, 5.74) is 0. The summed E-state index contributed by atoms with van der Waals surface area (Å²) in [6, 6.07) is 0. The topological polar surface area (TPSA) is 38.7 Å². The van der Waals surface area contributed by atoms with Crippen molar-refractivity contribution in [3.8, 4) is 0 Å². The number of aliphatic hydroxyl groups excluding tert-OH is 1. The van der Waals surface area contributed by atoms with Gasteiger partial charge in [-0.25, -0.2) is 0 Å². The molecule has 2 aliphatic rings. The highest BCUT2D eigenvalue weighted by atomic mass is 16.8. The fourth-order valence-electron chi connectivity index (χ4n) is 1.93. The molecule has 1 aliphatic carbocycles. The highest BCUT2D eigenvalue weighted by molar-refractivity contribution is 5.09. The van der Waals surface area contributed by atoms with Gasteiger partial charge in [0.2, 0.25) is 0 Å². The maximum Gasteiger partial charge on any atom is 0.164 e. The summed E-state index contributed by atoms with van der Waals surface area (Å²) in [6.45, 7) is 5.72. The van der Waals surface area contributed by atoms with Crippen LogP contribution in [0.2, 0.25) is 0 Å². The van der Waals surface area contributed by atoms with Gasteiger partial charge in [0.05, 0.1) is 6.10 Å². The molecule has 0 aromatic heterocycles. The average molecular weight is 184 g/mol. The van der Waals surface area contributed by atoms with E-state index < -0.39 is 11.9 Å². The molecule has 0 amide bonds. The molecular weight excluding hydrogens is 168 g/mol. The van der Waals surface area contributed by atoms with Crippen LogP contribution in [-0.4, -0.2) is 29.2 Å². The molecule has 1 aliphatic heterocycles. The fourth-order valence-corrected chi connectivity index (χ4v) is 1.93. The lowest BCUT2D eigenvalue weighted by atomic mass is 9.90. The Hall–Kier alpha value is -0.380. The molecule has 1 N–H and O–H groups in total.